The second-order valence-corrected chi connectivity index (χ2v) is 7.47. The van der Waals surface area contributed by atoms with Crippen molar-refractivity contribution in [1.82, 2.24) is 25.3 Å². The van der Waals surface area contributed by atoms with E-state index in [9.17, 15) is 4.79 Å². The van der Waals surface area contributed by atoms with Gasteiger partial charge in [-0.25, -0.2) is 4.68 Å². The lowest BCUT2D eigenvalue weighted by atomic mass is 9.90. The van der Waals surface area contributed by atoms with E-state index in [1.165, 1.54) is 0 Å². The van der Waals surface area contributed by atoms with Crippen molar-refractivity contribution in [3.63, 3.8) is 0 Å². The van der Waals surface area contributed by atoms with Gasteiger partial charge in [0.1, 0.15) is 0 Å². The summed E-state index contributed by atoms with van der Waals surface area (Å²) in [6.07, 6.45) is 2.10. The van der Waals surface area contributed by atoms with Crippen LogP contribution in [0.25, 0.3) is 10.9 Å². The molecule has 1 saturated heterocycles. The van der Waals surface area contributed by atoms with E-state index in [2.05, 4.69) is 32.9 Å². The number of aryl methyl sites for hydroxylation is 1. The number of rotatable bonds is 5. The Morgan fingerprint density at radius 2 is 2.17 bits per heavy atom. The predicted octanol–water partition coefficient (Wildman–Crippen LogP) is 2.87. The van der Waals surface area contributed by atoms with Crippen molar-refractivity contribution in [2.45, 2.75) is 38.6 Å². The van der Waals surface area contributed by atoms with E-state index in [0.29, 0.717) is 35.8 Å². The smallest absolute Gasteiger partial charge is 0.256 e. The van der Waals surface area contributed by atoms with E-state index < -0.39 is 0 Å². The van der Waals surface area contributed by atoms with Gasteiger partial charge in [-0.05, 0) is 63.6 Å². The van der Waals surface area contributed by atoms with Crippen molar-refractivity contribution in [2.75, 3.05) is 18.5 Å². The normalized spacial score (nSPS) is 19.3. The average Bonchev–Trinajstić information content (AvgIpc) is 3.03. The zero-order chi connectivity index (χ0) is 20.4. The molecule has 0 bridgehead atoms. The number of anilines is 1. The fraction of sp³-hybridized carbons (Fsp3) is 0.429. The molecule has 29 heavy (non-hydrogen) atoms. The number of hydrogen-bond acceptors (Lipinski definition) is 6. The fourth-order valence-electron chi connectivity index (χ4n) is 3.84. The minimum Gasteiger partial charge on any atom is -0.478 e. The monoisotopic (exact) mass is 394 g/mol. The highest BCUT2D eigenvalue weighted by molar-refractivity contribution is 6.06. The highest BCUT2D eigenvalue weighted by atomic mass is 16.5. The van der Waals surface area contributed by atoms with Gasteiger partial charge in [0.2, 0.25) is 5.88 Å². The van der Waals surface area contributed by atoms with Gasteiger partial charge in [0.25, 0.3) is 5.91 Å². The predicted molar refractivity (Wildman–Crippen MR) is 111 cm³/mol. The second kappa shape index (κ2) is 8.16. The van der Waals surface area contributed by atoms with Gasteiger partial charge in [-0.1, -0.05) is 0 Å². The van der Waals surface area contributed by atoms with Gasteiger partial charge < -0.3 is 15.4 Å². The summed E-state index contributed by atoms with van der Waals surface area (Å²) in [5.41, 5.74) is 2.28. The van der Waals surface area contributed by atoms with Gasteiger partial charge in [0, 0.05) is 24.6 Å². The largest absolute Gasteiger partial charge is 0.478 e. The van der Waals surface area contributed by atoms with Crippen molar-refractivity contribution >= 4 is 22.6 Å². The Morgan fingerprint density at radius 3 is 2.90 bits per heavy atom. The van der Waals surface area contributed by atoms with Crippen LogP contribution in [-0.4, -0.2) is 45.1 Å². The molecule has 0 aliphatic carbocycles. The highest BCUT2D eigenvalue weighted by Gasteiger charge is 2.21. The van der Waals surface area contributed by atoms with Crippen LogP contribution in [0.1, 0.15) is 48.7 Å². The molecule has 3 aromatic rings. The third-order valence-corrected chi connectivity index (χ3v) is 5.29. The highest BCUT2D eigenvalue weighted by Crippen LogP contribution is 2.27. The molecule has 1 fully saturated rings. The van der Waals surface area contributed by atoms with Gasteiger partial charge in [-0.2, -0.15) is 10.2 Å². The van der Waals surface area contributed by atoms with Crippen molar-refractivity contribution in [3.8, 4) is 5.88 Å². The van der Waals surface area contributed by atoms with Gasteiger partial charge in [-0.3, -0.25) is 4.79 Å². The molecule has 2 aromatic heterocycles. The van der Waals surface area contributed by atoms with E-state index in [4.69, 9.17) is 4.74 Å². The Morgan fingerprint density at radius 1 is 1.31 bits per heavy atom. The van der Waals surface area contributed by atoms with Crippen molar-refractivity contribution in [1.29, 1.82) is 0 Å². The van der Waals surface area contributed by atoms with Crippen LogP contribution in [0.2, 0.25) is 0 Å². The van der Waals surface area contributed by atoms with Crippen molar-refractivity contribution in [3.05, 3.63) is 41.6 Å². The lowest BCUT2D eigenvalue weighted by Crippen LogP contribution is -2.35. The molecule has 2 atom stereocenters. The minimum atomic E-state index is -0.240. The molecule has 4 rings (SSSR count). The average molecular weight is 394 g/mol. The Labute approximate surface area is 169 Å². The molecule has 3 heterocycles. The van der Waals surface area contributed by atoms with Crippen molar-refractivity contribution < 1.29 is 9.53 Å². The first-order valence-corrected chi connectivity index (χ1v) is 10.0. The molecule has 1 aliphatic heterocycles. The number of carbonyl (C=O) groups is 1. The summed E-state index contributed by atoms with van der Waals surface area (Å²) in [7, 11) is 1.82. The topological polar surface area (TPSA) is 94.0 Å². The molecule has 1 amide bonds. The van der Waals surface area contributed by atoms with Crippen LogP contribution in [0.4, 0.5) is 5.82 Å². The molecule has 1 unspecified atom stereocenters. The van der Waals surface area contributed by atoms with Crippen LogP contribution in [0.15, 0.2) is 30.3 Å². The van der Waals surface area contributed by atoms with E-state index in [1.807, 2.05) is 32.2 Å². The molecule has 152 valence electrons. The molecule has 1 aliphatic rings. The standard InChI is InChI=1S/C21H26N6O2/c1-4-29-21-16-12-15(5-6-18(16)26-27(21)3)20(28)23-19-8-7-17(24-25-19)14-9-10-22-13(2)11-14/h5-8,12-14,22H,4,9-11H2,1-3H3,(H,23,25,28)/t13-,14?/m0/s1. The number of hydrogen-bond donors (Lipinski definition) is 2. The van der Waals surface area contributed by atoms with Crippen LogP contribution in [0.3, 0.4) is 0 Å². The lowest BCUT2D eigenvalue weighted by Gasteiger charge is -2.27. The number of carbonyl (C=O) groups excluding carboxylic acids is 1. The molecular weight excluding hydrogens is 368 g/mol. The number of nitrogens with zero attached hydrogens (tertiary/aromatic N) is 4. The summed E-state index contributed by atoms with van der Waals surface area (Å²) in [6.45, 7) is 5.63. The molecular formula is C21H26N6O2. The summed E-state index contributed by atoms with van der Waals surface area (Å²) in [5, 5.41) is 20.1. The third-order valence-electron chi connectivity index (χ3n) is 5.29. The zero-order valence-electron chi connectivity index (χ0n) is 17.0. The van der Waals surface area contributed by atoms with E-state index in [-0.39, 0.29) is 5.91 Å². The van der Waals surface area contributed by atoms with E-state index in [1.54, 1.807) is 16.8 Å². The Hall–Kier alpha value is -3.00. The Bertz CT molecular complexity index is 1010. The molecule has 8 heteroatoms. The summed E-state index contributed by atoms with van der Waals surface area (Å²) in [4.78, 5) is 12.7. The first kappa shape index (κ1) is 19.3. The number of fused-ring (bicyclic) bond motifs is 1. The van der Waals surface area contributed by atoms with Crippen LogP contribution in [0.5, 0.6) is 5.88 Å². The summed E-state index contributed by atoms with van der Waals surface area (Å²) >= 11 is 0. The van der Waals surface area contributed by atoms with Crippen LogP contribution >= 0.6 is 0 Å². The number of amides is 1. The van der Waals surface area contributed by atoms with Crippen LogP contribution in [0, 0.1) is 0 Å². The maximum Gasteiger partial charge on any atom is 0.256 e. The lowest BCUT2D eigenvalue weighted by molar-refractivity contribution is 0.102. The Balaban J connectivity index is 1.49. The first-order valence-electron chi connectivity index (χ1n) is 10.0. The van der Waals surface area contributed by atoms with Gasteiger partial charge >= 0.3 is 0 Å². The Kier molecular flexibility index (Phi) is 5.44. The molecule has 0 radical (unpaired) electrons. The number of nitrogens with one attached hydrogen (secondary N) is 2. The van der Waals surface area contributed by atoms with E-state index in [0.717, 1.165) is 36.0 Å². The summed E-state index contributed by atoms with van der Waals surface area (Å²) in [6, 6.07) is 9.63. The summed E-state index contributed by atoms with van der Waals surface area (Å²) in [5.74, 6) is 1.26. The zero-order valence-corrected chi connectivity index (χ0v) is 17.0. The molecule has 0 saturated carbocycles. The van der Waals surface area contributed by atoms with Crippen LogP contribution < -0.4 is 15.4 Å². The maximum absolute atomic E-state index is 12.7. The maximum atomic E-state index is 12.7. The number of benzene rings is 1. The molecule has 8 nitrogen and oxygen atoms in total. The van der Waals surface area contributed by atoms with Gasteiger partial charge in [0.15, 0.2) is 5.82 Å². The second-order valence-electron chi connectivity index (χ2n) is 7.47. The number of piperidine rings is 1. The van der Waals surface area contributed by atoms with Crippen LogP contribution in [-0.2, 0) is 7.05 Å². The number of aromatic nitrogens is 4. The summed E-state index contributed by atoms with van der Waals surface area (Å²) < 4.78 is 7.35. The fourth-order valence-corrected chi connectivity index (χ4v) is 3.84. The SMILES string of the molecule is CCOc1c2cc(C(=O)Nc3ccc(C4CCN[C@@H](C)C4)nn3)ccc2nn1C. The third kappa shape index (κ3) is 4.07. The quantitative estimate of drug-likeness (QED) is 0.691. The van der Waals surface area contributed by atoms with E-state index >= 15 is 0 Å². The molecule has 0 spiro atoms. The van der Waals surface area contributed by atoms with Gasteiger partial charge in [0.05, 0.1) is 23.2 Å². The molecule has 2 N–H and O–H groups in total. The molecule has 1 aromatic carbocycles. The first-order chi connectivity index (χ1) is 14.0. The minimum absolute atomic E-state index is 0.240. The van der Waals surface area contributed by atoms with Crippen molar-refractivity contribution in [2.24, 2.45) is 7.05 Å². The van der Waals surface area contributed by atoms with Gasteiger partial charge in [-0.15, -0.1) is 5.10 Å². The number of ether oxygens (including phenoxy) is 1.